The number of aryl methyl sites for hydroxylation is 1. The summed E-state index contributed by atoms with van der Waals surface area (Å²) in [6.07, 6.45) is 5.65. The van der Waals surface area contributed by atoms with E-state index in [1.807, 2.05) is 0 Å². The Balaban J connectivity index is 1.74. The van der Waals surface area contributed by atoms with Gasteiger partial charge in [-0.2, -0.15) is 4.31 Å². The first-order valence-electron chi connectivity index (χ1n) is 9.85. The number of amides is 1. The number of piperidine rings is 1. The molecule has 0 bridgehead atoms. The van der Waals surface area contributed by atoms with Crippen LogP contribution < -0.4 is 5.32 Å². The SMILES string of the molecule is CCC(=O)Nc1c(C)noc1C=Cc1ccc(S(=O)(=O)N2CCC(C)CC2)cc1. The largest absolute Gasteiger partial charge is 0.354 e. The monoisotopic (exact) mass is 417 g/mol. The Bertz CT molecular complexity index is 985. The number of hydrogen-bond acceptors (Lipinski definition) is 5. The van der Waals surface area contributed by atoms with E-state index in [-0.39, 0.29) is 5.91 Å². The summed E-state index contributed by atoms with van der Waals surface area (Å²) in [5.74, 6) is 0.900. The number of nitrogens with one attached hydrogen (secondary N) is 1. The normalized spacial score (nSPS) is 16.4. The van der Waals surface area contributed by atoms with Gasteiger partial charge in [0, 0.05) is 19.5 Å². The molecule has 29 heavy (non-hydrogen) atoms. The summed E-state index contributed by atoms with van der Waals surface area (Å²) in [4.78, 5) is 12.0. The van der Waals surface area contributed by atoms with E-state index in [2.05, 4.69) is 17.4 Å². The number of hydrogen-bond donors (Lipinski definition) is 1. The Labute approximate surface area is 171 Å². The third-order valence-corrected chi connectivity index (χ3v) is 7.08. The molecule has 1 aromatic heterocycles. The Morgan fingerprint density at radius 1 is 1.24 bits per heavy atom. The molecule has 3 rings (SSSR count). The fourth-order valence-electron chi connectivity index (χ4n) is 3.18. The molecule has 156 valence electrons. The van der Waals surface area contributed by atoms with Gasteiger partial charge in [0.15, 0.2) is 5.76 Å². The first-order chi connectivity index (χ1) is 13.8. The van der Waals surface area contributed by atoms with Crippen molar-refractivity contribution in [2.75, 3.05) is 18.4 Å². The summed E-state index contributed by atoms with van der Waals surface area (Å²) in [7, 11) is -3.46. The molecule has 7 nitrogen and oxygen atoms in total. The molecule has 1 aliphatic rings. The van der Waals surface area contributed by atoms with Crippen molar-refractivity contribution in [3.63, 3.8) is 0 Å². The molecule has 0 atom stereocenters. The zero-order chi connectivity index (χ0) is 21.0. The molecule has 0 radical (unpaired) electrons. The van der Waals surface area contributed by atoms with Gasteiger partial charge in [0.2, 0.25) is 15.9 Å². The summed E-state index contributed by atoms with van der Waals surface area (Å²) < 4.78 is 32.5. The molecule has 1 aromatic carbocycles. The number of carbonyl (C=O) groups excluding carboxylic acids is 1. The van der Waals surface area contributed by atoms with Gasteiger partial charge in [-0.25, -0.2) is 8.42 Å². The highest BCUT2D eigenvalue weighted by molar-refractivity contribution is 7.89. The molecule has 1 N–H and O–H groups in total. The Morgan fingerprint density at radius 2 is 1.90 bits per heavy atom. The van der Waals surface area contributed by atoms with Crippen LogP contribution in [0.25, 0.3) is 12.2 Å². The van der Waals surface area contributed by atoms with Crippen molar-refractivity contribution < 1.29 is 17.7 Å². The predicted octanol–water partition coefficient (Wildman–Crippen LogP) is 3.92. The van der Waals surface area contributed by atoms with E-state index in [1.165, 1.54) is 0 Å². The number of benzene rings is 1. The van der Waals surface area contributed by atoms with Gasteiger partial charge in [-0.15, -0.1) is 0 Å². The number of anilines is 1. The van der Waals surface area contributed by atoms with E-state index in [0.29, 0.717) is 47.5 Å². The Hall–Kier alpha value is -2.45. The van der Waals surface area contributed by atoms with E-state index in [4.69, 9.17) is 4.52 Å². The molecule has 2 aromatic rings. The van der Waals surface area contributed by atoms with Gasteiger partial charge in [-0.1, -0.05) is 37.2 Å². The van der Waals surface area contributed by atoms with Gasteiger partial charge in [0.25, 0.3) is 0 Å². The van der Waals surface area contributed by atoms with Gasteiger partial charge >= 0.3 is 0 Å². The van der Waals surface area contributed by atoms with Gasteiger partial charge in [-0.3, -0.25) is 4.79 Å². The number of carbonyl (C=O) groups is 1. The number of nitrogens with zero attached hydrogens (tertiary/aromatic N) is 2. The highest BCUT2D eigenvalue weighted by atomic mass is 32.2. The summed E-state index contributed by atoms with van der Waals surface area (Å²) in [5.41, 5.74) is 1.97. The first-order valence-corrected chi connectivity index (χ1v) is 11.3. The van der Waals surface area contributed by atoms with Crippen LogP contribution in [0.5, 0.6) is 0 Å². The Morgan fingerprint density at radius 3 is 2.52 bits per heavy atom. The molecule has 1 amide bonds. The van der Waals surface area contributed by atoms with E-state index in [1.54, 1.807) is 54.6 Å². The van der Waals surface area contributed by atoms with Crippen molar-refractivity contribution in [2.45, 2.75) is 44.9 Å². The third-order valence-electron chi connectivity index (χ3n) is 5.16. The standard InChI is InChI=1S/C21H27N3O4S/c1-4-20(25)22-21-16(3)23-28-19(21)10-7-17-5-8-18(9-6-17)29(26,27)24-13-11-15(2)12-14-24/h5-10,15H,4,11-14H2,1-3H3,(H,22,25). The fourth-order valence-corrected chi connectivity index (χ4v) is 4.65. The average molecular weight is 418 g/mol. The van der Waals surface area contributed by atoms with E-state index in [9.17, 15) is 13.2 Å². The molecular formula is C21H27N3O4S. The van der Waals surface area contributed by atoms with Crippen molar-refractivity contribution >= 4 is 33.8 Å². The average Bonchev–Trinajstić information content (AvgIpc) is 3.06. The van der Waals surface area contributed by atoms with E-state index >= 15 is 0 Å². The van der Waals surface area contributed by atoms with Crippen molar-refractivity contribution in [1.29, 1.82) is 0 Å². The lowest BCUT2D eigenvalue weighted by molar-refractivity contribution is -0.115. The minimum Gasteiger partial charge on any atom is -0.354 e. The molecule has 0 saturated carbocycles. The summed E-state index contributed by atoms with van der Waals surface area (Å²) in [5, 5.41) is 6.68. The van der Waals surface area contributed by atoms with Crippen molar-refractivity contribution in [1.82, 2.24) is 9.46 Å². The molecule has 2 heterocycles. The van der Waals surface area contributed by atoms with Crippen molar-refractivity contribution in [2.24, 2.45) is 5.92 Å². The number of rotatable bonds is 6. The maximum atomic E-state index is 12.8. The van der Waals surface area contributed by atoms with Gasteiger partial charge in [0.1, 0.15) is 11.4 Å². The van der Waals surface area contributed by atoms with Crippen LogP contribution in [0.3, 0.4) is 0 Å². The van der Waals surface area contributed by atoms with Crippen LogP contribution in [-0.4, -0.2) is 36.9 Å². The molecule has 0 aliphatic carbocycles. The molecule has 1 saturated heterocycles. The minimum absolute atomic E-state index is 0.118. The quantitative estimate of drug-likeness (QED) is 0.769. The fraction of sp³-hybridized carbons (Fsp3) is 0.429. The molecule has 1 aliphatic heterocycles. The topological polar surface area (TPSA) is 92.5 Å². The van der Waals surface area contributed by atoms with Gasteiger partial charge in [0.05, 0.1) is 4.90 Å². The second kappa shape index (κ2) is 8.92. The zero-order valence-corrected chi connectivity index (χ0v) is 17.8. The second-order valence-electron chi connectivity index (χ2n) is 7.40. The Kier molecular flexibility index (Phi) is 6.54. The third kappa shape index (κ3) is 4.94. The van der Waals surface area contributed by atoms with Gasteiger partial charge in [-0.05, 0) is 49.5 Å². The lowest BCUT2D eigenvalue weighted by Crippen LogP contribution is -2.37. The minimum atomic E-state index is -3.46. The number of sulfonamides is 1. The lowest BCUT2D eigenvalue weighted by atomic mass is 10.0. The lowest BCUT2D eigenvalue weighted by Gasteiger charge is -2.29. The molecule has 8 heteroatoms. The second-order valence-corrected chi connectivity index (χ2v) is 9.34. The molecule has 0 unspecified atom stereocenters. The predicted molar refractivity (Wildman–Crippen MR) is 113 cm³/mol. The highest BCUT2D eigenvalue weighted by Gasteiger charge is 2.27. The summed E-state index contributed by atoms with van der Waals surface area (Å²) >= 11 is 0. The van der Waals surface area contributed by atoms with Crippen LogP contribution in [-0.2, 0) is 14.8 Å². The van der Waals surface area contributed by atoms with Crippen molar-refractivity contribution in [3.8, 4) is 0 Å². The smallest absolute Gasteiger partial charge is 0.243 e. The highest BCUT2D eigenvalue weighted by Crippen LogP contribution is 2.25. The summed E-state index contributed by atoms with van der Waals surface area (Å²) in [6.45, 7) is 6.83. The first kappa shape index (κ1) is 21.3. The van der Waals surface area contributed by atoms with Crippen LogP contribution in [0.2, 0.25) is 0 Å². The molecular weight excluding hydrogens is 390 g/mol. The van der Waals surface area contributed by atoms with Gasteiger partial charge < -0.3 is 9.84 Å². The maximum Gasteiger partial charge on any atom is 0.243 e. The van der Waals surface area contributed by atoms with E-state index in [0.717, 1.165) is 18.4 Å². The van der Waals surface area contributed by atoms with Crippen LogP contribution in [0, 0.1) is 12.8 Å². The van der Waals surface area contributed by atoms with Crippen molar-refractivity contribution in [3.05, 3.63) is 41.3 Å². The van der Waals surface area contributed by atoms with Crippen LogP contribution >= 0.6 is 0 Å². The molecule has 0 spiro atoms. The van der Waals surface area contributed by atoms with Crippen LogP contribution in [0.4, 0.5) is 5.69 Å². The summed E-state index contributed by atoms with van der Waals surface area (Å²) in [6, 6.07) is 6.75. The number of aromatic nitrogens is 1. The van der Waals surface area contributed by atoms with Crippen LogP contribution in [0.15, 0.2) is 33.7 Å². The van der Waals surface area contributed by atoms with E-state index < -0.39 is 10.0 Å². The zero-order valence-electron chi connectivity index (χ0n) is 17.0. The van der Waals surface area contributed by atoms with Crippen LogP contribution in [0.1, 0.15) is 50.1 Å². The molecule has 1 fully saturated rings. The maximum absolute atomic E-state index is 12.8.